The van der Waals surface area contributed by atoms with Gasteiger partial charge in [0.2, 0.25) is 10.0 Å². The Bertz CT molecular complexity index is 1160. The molecule has 150 valence electrons. The second-order valence-electron chi connectivity index (χ2n) is 6.08. The molecular weight excluding hydrogens is 414 g/mol. The van der Waals surface area contributed by atoms with E-state index in [0.29, 0.717) is 41.1 Å². The zero-order chi connectivity index (χ0) is 20.4. The highest BCUT2D eigenvalue weighted by Crippen LogP contribution is 2.35. The Hall–Kier alpha value is -2.95. The van der Waals surface area contributed by atoms with Gasteiger partial charge in [0.15, 0.2) is 16.6 Å². The maximum absolute atomic E-state index is 12.4. The van der Waals surface area contributed by atoms with Crippen LogP contribution in [0.1, 0.15) is 10.4 Å². The SMILES string of the molecule is CNS(=O)(=O)c1ccc(C(=O)Nc2nc(-c3ccc4c(c3)OCCO4)cs2)cc1. The summed E-state index contributed by atoms with van der Waals surface area (Å²) in [6.45, 7) is 1.03. The van der Waals surface area contributed by atoms with E-state index in [0.717, 1.165) is 5.56 Å². The van der Waals surface area contributed by atoms with Crippen LogP contribution in [0.2, 0.25) is 0 Å². The quantitative estimate of drug-likeness (QED) is 0.643. The normalized spacial score (nSPS) is 13.1. The number of sulfonamides is 1. The Morgan fingerprint density at radius 2 is 1.79 bits per heavy atom. The van der Waals surface area contributed by atoms with E-state index in [4.69, 9.17) is 9.47 Å². The van der Waals surface area contributed by atoms with E-state index in [-0.39, 0.29) is 10.8 Å². The first kappa shape index (κ1) is 19.4. The minimum atomic E-state index is -3.54. The number of anilines is 1. The average Bonchev–Trinajstić information content (AvgIpc) is 3.22. The maximum Gasteiger partial charge on any atom is 0.257 e. The number of thiazole rings is 1. The highest BCUT2D eigenvalue weighted by molar-refractivity contribution is 7.89. The van der Waals surface area contributed by atoms with Gasteiger partial charge in [-0.1, -0.05) is 0 Å². The molecule has 1 amide bonds. The minimum absolute atomic E-state index is 0.0895. The largest absolute Gasteiger partial charge is 0.486 e. The fraction of sp³-hybridized carbons (Fsp3) is 0.158. The highest BCUT2D eigenvalue weighted by Gasteiger charge is 2.16. The summed E-state index contributed by atoms with van der Waals surface area (Å²) >= 11 is 1.29. The van der Waals surface area contributed by atoms with Crippen LogP contribution in [-0.4, -0.2) is 39.6 Å². The first-order valence-corrected chi connectivity index (χ1v) is 11.0. The number of aromatic nitrogens is 1. The van der Waals surface area contributed by atoms with Crippen molar-refractivity contribution in [2.75, 3.05) is 25.6 Å². The molecule has 3 aromatic rings. The van der Waals surface area contributed by atoms with E-state index in [9.17, 15) is 13.2 Å². The average molecular weight is 431 g/mol. The van der Waals surface area contributed by atoms with Crippen molar-refractivity contribution in [2.24, 2.45) is 0 Å². The molecular formula is C19H17N3O5S2. The Balaban J connectivity index is 1.48. The van der Waals surface area contributed by atoms with Crippen molar-refractivity contribution in [3.05, 3.63) is 53.4 Å². The van der Waals surface area contributed by atoms with Gasteiger partial charge < -0.3 is 9.47 Å². The lowest BCUT2D eigenvalue weighted by Crippen LogP contribution is -2.19. The molecule has 0 aliphatic carbocycles. The van der Waals surface area contributed by atoms with Crippen LogP contribution in [0.5, 0.6) is 11.5 Å². The monoisotopic (exact) mass is 431 g/mol. The van der Waals surface area contributed by atoms with Crippen molar-refractivity contribution in [2.45, 2.75) is 4.90 Å². The summed E-state index contributed by atoms with van der Waals surface area (Å²) in [5, 5.41) is 5.00. The molecule has 0 radical (unpaired) electrons. The van der Waals surface area contributed by atoms with E-state index >= 15 is 0 Å². The zero-order valence-corrected chi connectivity index (χ0v) is 17.0. The molecule has 0 bridgehead atoms. The number of nitrogens with zero attached hydrogens (tertiary/aromatic N) is 1. The Labute approximate surface area is 171 Å². The fourth-order valence-electron chi connectivity index (χ4n) is 2.74. The number of amides is 1. The number of hydrogen-bond acceptors (Lipinski definition) is 7. The summed E-state index contributed by atoms with van der Waals surface area (Å²) in [5.74, 6) is 0.998. The third-order valence-electron chi connectivity index (χ3n) is 4.26. The molecule has 29 heavy (non-hydrogen) atoms. The number of carbonyl (C=O) groups excluding carboxylic acids is 1. The Kier molecular flexibility index (Phi) is 5.22. The number of benzene rings is 2. The number of nitrogens with one attached hydrogen (secondary N) is 2. The summed E-state index contributed by atoms with van der Waals surface area (Å²) in [5.41, 5.74) is 1.89. The molecule has 0 fully saturated rings. The predicted octanol–water partition coefficient (Wildman–Crippen LogP) is 2.74. The minimum Gasteiger partial charge on any atom is -0.486 e. The van der Waals surface area contributed by atoms with Gasteiger partial charge in [-0.05, 0) is 49.5 Å². The van der Waals surface area contributed by atoms with E-state index in [2.05, 4.69) is 15.0 Å². The van der Waals surface area contributed by atoms with Gasteiger partial charge in [-0.25, -0.2) is 18.1 Å². The lowest BCUT2D eigenvalue weighted by atomic mass is 10.1. The lowest BCUT2D eigenvalue weighted by Gasteiger charge is -2.18. The standard InChI is InChI=1S/C19H17N3O5S2/c1-20-29(24,25)14-5-2-12(3-6-14)18(23)22-19-21-15(11-28-19)13-4-7-16-17(10-13)27-9-8-26-16/h2-7,10-11,20H,8-9H2,1H3,(H,21,22,23). The molecule has 0 spiro atoms. The van der Waals surface area contributed by atoms with Crippen LogP contribution in [-0.2, 0) is 10.0 Å². The van der Waals surface area contributed by atoms with Crippen molar-refractivity contribution in [3.63, 3.8) is 0 Å². The van der Waals surface area contributed by atoms with Gasteiger partial charge in [-0.2, -0.15) is 0 Å². The molecule has 10 heteroatoms. The van der Waals surface area contributed by atoms with Gasteiger partial charge >= 0.3 is 0 Å². The highest BCUT2D eigenvalue weighted by atomic mass is 32.2. The van der Waals surface area contributed by atoms with Gasteiger partial charge in [-0.15, -0.1) is 11.3 Å². The summed E-state index contributed by atoms with van der Waals surface area (Å²) in [4.78, 5) is 17.0. The molecule has 0 saturated heterocycles. The van der Waals surface area contributed by atoms with Crippen molar-refractivity contribution in [3.8, 4) is 22.8 Å². The number of fused-ring (bicyclic) bond motifs is 1. The van der Waals surface area contributed by atoms with Crippen LogP contribution < -0.4 is 19.5 Å². The number of rotatable bonds is 5. The summed E-state index contributed by atoms with van der Waals surface area (Å²) in [6.07, 6.45) is 0. The second-order valence-corrected chi connectivity index (χ2v) is 8.83. The van der Waals surface area contributed by atoms with Gasteiger partial charge in [0.1, 0.15) is 13.2 Å². The number of carbonyl (C=O) groups is 1. The first-order chi connectivity index (χ1) is 14.0. The summed E-state index contributed by atoms with van der Waals surface area (Å²) in [7, 11) is -2.21. The van der Waals surface area contributed by atoms with E-state index in [1.165, 1.54) is 42.6 Å². The van der Waals surface area contributed by atoms with Gasteiger partial charge in [0, 0.05) is 16.5 Å². The molecule has 2 heterocycles. The molecule has 8 nitrogen and oxygen atoms in total. The molecule has 4 rings (SSSR count). The van der Waals surface area contributed by atoms with Crippen molar-refractivity contribution < 1.29 is 22.7 Å². The lowest BCUT2D eigenvalue weighted by molar-refractivity contribution is 0.102. The molecule has 0 atom stereocenters. The molecule has 2 N–H and O–H groups in total. The second kappa shape index (κ2) is 7.82. The number of hydrogen-bond donors (Lipinski definition) is 2. The Morgan fingerprint density at radius 3 is 2.52 bits per heavy atom. The smallest absolute Gasteiger partial charge is 0.257 e. The van der Waals surface area contributed by atoms with Crippen LogP contribution >= 0.6 is 11.3 Å². The first-order valence-electron chi connectivity index (χ1n) is 8.67. The molecule has 0 saturated carbocycles. The van der Waals surface area contributed by atoms with E-state index in [1.807, 2.05) is 23.6 Å². The van der Waals surface area contributed by atoms with Gasteiger partial charge in [-0.3, -0.25) is 10.1 Å². The van der Waals surface area contributed by atoms with Gasteiger partial charge in [0.05, 0.1) is 10.6 Å². The molecule has 1 aliphatic heterocycles. The van der Waals surface area contributed by atoms with E-state index in [1.54, 1.807) is 0 Å². The van der Waals surface area contributed by atoms with E-state index < -0.39 is 10.0 Å². The Morgan fingerprint density at radius 1 is 1.07 bits per heavy atom. The van der Waals surface area contributed by atoms with Crippen LogP contribution in [0.3, 0.4) is 0 Å². The van der Waals surface area contributed by atoms with Crippen LogP contribution in [0.25, 0.3) is 11.3 Å². The van der Waals surface area contributed by atoms with Gasteiger partial charge in [0.25, 0.3) is 5.91 Å². The maximum atomic E-state index is 12.4. The molecule has 1 aliphatic rings. The topological polar surface area (TPSA) is 107 Å². The summed E-state index contributed by atoms with van der Waals surface area (Å²) in [6, 6.07) is 11.2. The summed E-state index contributed by atoms with van der Waals surface area (Å²) < 4.78 is 36.9. The molecule has 2 aromatic carbocycles. The molecule has 1 aromatic heterocycles. The van der Waals surface area contributed by atoms with Crippen LogP contribution in [0.4, 0.5) is 5.13 Å². The predicted molar refractivity (Wildman–Crippen MR) is 109 cm³/mol. The van der Waals surface area contributed by atoms with Crippen LogP contribution in [0, 0.1) is 0 Å². The zero-order valence-electron chi connectivity index (χ0n) is 15.3. The third kappa shape index (κ3) is 4.09. The van der Waals surface area contributed by atoms with Crippen molar-refractivity contribution >= 4 is 32.4 Å². The van der Waals surface area contributed by atoms with Crippen LogP contribution in [0.15, 0.2) is 52.7 Å². The third-order valence-corrected chi connectivity index (χ3v) is 6.45. The van der Waals surface area contributed by atoms with Crippen molar-refractivity contribution in [1.82, 2.24) is 9.71 Å². The number of ether oxygens (including phenoxy) is 2. The molecule has 0 unspecified atom stereocenters. The fourth-order valence-corrected chi connectivity index (χ4v) is 4.18. The van der Waals surface area contributed by atoms with Crippen molar-refractivity contribution in [1.29, 1.82) is 0 Å².